The van der Waals surface area contributed by atoms with E-state index in [2.05, 4.69) is 39.8 Å². The van der Waals surface area contributed by atoms with Crippen LogP contribution in [0.4, 0.5) is 11.4 Å². The zero-order valence-corrected chi connectivity index (χ0v) is 17.9. The summed E-state index contributed by atoms with van der Waals surface area (Å²) in [6.45, 7) is 5.12. The summed E-state index contributed by atoms with van der Waals surface area (Å²) >= 11 is 0. The number of morpholine rings is 1. The van der Waals surface area contributed by atoms with E-state index in [-0.39, 0.29) is 6.04 Å². The first-order chi connectivity index (χ1) is 14.5. The second-order valence-electron chi connectivity index (χ2n) is 7.63. The van der Waals surface area contributed by atoms with E-state index in [0.29, 0.717) is 25.4 Å². The summed E-state index contributed by atoms with van der Waals surface area (Å²) in [5.41, 5.74) is 3.76. The van der Waals surface area contributed by atoms with Crippen LogP contribution >= 0.6 is 0 Å². The molecule has 2 N–H and O–H groups in total. The lowest BCUT2D eigenvalue weighted by atomic mass is 10.0. The quantitative estimate of drug-likeness (QED) is 0.714. The van der Waals surface area contributed by atoms with Gasteiger partial charge in [-0.25, -0.2) is 0 Å². The van der Waals surface area contributed by atoms with Crippen LogP contribution in [0.5, 0.6) is 0 Å². The number of nitrogens with one attached hydrogen (secondary N) is 2. The van der Waals surface area contributed by atoms with Crippen LogP contribution in [0.15, 0.2) is 48.5 Å². The third kappa shape index (κ3) is 5.58. The molecule has 1 saturated heterocycles. The maximum Gasteiger partial charge on any atom is 0.313 e. The smallest absolute Gasteiger partial charge is 0.313 e. The number of hydrogen-bond acceptors (Lipinski definition) is 5. The average molecular weight is 411 g/mol. The molecule has 0 aliphatic carbocycles. The highest BCUT2D eigenvalue weighted by Gasteiger charge is 2.24. The second-order valence-corrected chi connectivity index (χ2v) is 7.63. The molecule has 1 fully saturated rings. The Morgan fingerprint density at radius 3 is 2.33 bits per heavy atom. The van der Waals surface area contributed by atoms with Crippen LogP contribution in [0.1, 0.15) is 17.2 Å². The largest absolute Gasteiger partial charge is 0.379 e. The highest BCUT2D eigenvalue weighted by molar-refractivity contribution is 6.39. The van der Waals surface area contributed by atoms with E-state index < -0.39 is 11.8 Å². The lowest BCUT2D eigenvalue weighted by Crippen LogP contribution is -2.45. The minimum atomic E-state index is -0.659. The molecule has 2 amide bonds. The molecule has 160 valence electrons. The van der Waals surface area contributed by atoms with E-state index in [0.717, 1.165) is 29.9 Å². The van der Waals surface area contributed by atoms with Crippen LogP contribution in [0.25, 0.3) is 0 Å². The van der Waals surface area contributed by atoms with Crippen molar-refractivity contribution >= 4 is 23.2 Å². The molecule has 1 heterocycles. The average Bonchev–Trinajstić information content (AvgIpc) is 2.76. The number of hydrogen-bond donors (Lipinski definition) is 2. The van der Waals surface area contributed by atoms with Crippen molar-refractivity contribution < 1.29 is 14.3 Å². The number of carbonyl (C=O) groups excluding carboxylic acids is 2. The molecule has 0 aromatic heterocycles. The highest BCUT2D eigenvalue weighted by Crippen LogP contribution is 2.24. The second kappa shape index (κ2) is 10.2. The number of benzene rings is 2. The van der Waals surface area contributed by atoms with Crippen molar-refractivity contribution in [2.24, 2.45) is 0 Å². The Morgan fingerprint density at radius 1 is 1.03 bits per heavy atom. The molecule has 1 aliphatic heterocycles. The number of anilines is 2. The maximum absolute atomic E-state index is 12.4. The van der Waals surface area contributed by atoms with Gasteiger partial charge in [0, 0.05) is 45.1 Å². The van der Waals surface area contributed by atoms with Crippen molar-refractivity contribution in [2.45, 2.75) is 13.0 Å². The predicted molar refractivity (Wildman–Crippen MR) is 119 cm³/mol. The third-order valence-corrected chi connectivity index (χ3v) is 5.34. The summed E-state index contributed by atoms with van der Waals surface area (Å²) in [5, 5.41) is 5.49. The summed E-state index contributed by atoms with van der Waals surface area (Å²) in [6.07, 6.45) is 0. The summed E-state index contributed by atoms with van der Waals surface area (Å²) in [6, 6.07) is 15.6. The maximum atomic E-state index is 12.4. The molecule has 7 heteroatoms. The van der Waals surface area contributed by atoms with Gasteiger partial charge in [0.15, 0.2) is 0 Å². The zero-order chi connectivity index (χ0) is 21.5. The minimum absolute atomic E-state index is 0.0275. The zero-order valence-electron chi connectivity index (χ0n) is 17.9. The number of carbonyl (C=O) groups is 2. The van der Waals surface area contributed by atoms with E-state index in [1.54, 1.807) is 6.07 Å². The summed E-state index contributed by atoms with van der Waals surface area (Å²) in [7, 11) is 4.00. The van der Waals surface area contributed by atoms with Crippen molar-refractivity contribution in [3.63, 3.8) is 0 Å². The van der Waals surface area contributed by atoms with Crippen molar-refractivity contribution in [2.75, 3.05) is 57.2 Å². The molecule has 0 saturated carbocycles. The van der Waals surface area contributed by atoms with E-state index >= 15 is 0 Å². The molecular weight excluding hydrogens is 380 g/mol. The molecular formula is C23H30N4O3. The third-order valence-electron chi connectivity index (χ3n) is 5.34. The van der Waals surface area contributed by atoms with Gasteiger partial charge in [-0.05, 0) is 36.2 Å². The fraction of sp³-hybridized carbons (Fsp3) is 0.391. The topological polar surface area (TPSA) is 73.9 Å². The Kier molecular flexibility index (Phi) is 7.43. The van der Waals surface area contributed by atoms with Crippen molar-refractivity contribution in [3.05, 3.63) is 59.7 Å². The molecule has 1 aliphatic rings. The molecule has 0 spiro atoms. The number of amides is 2. The molecule has 0 radical (unpaired) electrons. The molecule has 7 nitrogen and oxygen atoms in total. The standard InChI is InChI=1S/C23H30N4O3/c1-17-6-4-5-7-20(17)25-23(29)22(28)24-16-21(27-12-14-30-15-13-27)18-8-10-19(11-9-18)26(2)3/h4-11,21H,12-16H2,1-3H3,(H,24,28)(H,25,29)/t21-/m1/s1. The lowest BCUT2D eigenvalue weighted by Gasteiger charge is -2.35. The first kappa shape index (κ1) is 21.8. The molecule has 30 heavy (non-hydrogen) atoms. The first-order valence-corrected chi connectivity index (χ1v) is 10.2. The van der Waals surface area contributed by atoms with Gasteiger partial charge in [-0.2, -0.15) is 0 Å². The molecule has 0 bridgehead atoms. The normalized spacial score (nSPS) is 15.3. The van der Waals surface area contributed by atoms with Gasteiger partial charge in [0.05, 0.1) is 19.3 Å². The van der Waals surface area contributed by atoms with Crippen LogP contribution < -0.4 is 15.5 Å². The van der Waals surface area contributed by atoms with Crippen LogP contribution in [-0.4, -0.2) is 63.7 Å². The van der Waals surface area contributed by atoms with Gasteiger partial charge in [-0.3, -0.25) is 14.5 Å². The number of rotatable bonds is 6. The van der Waals surface area contributed by atoms with Gasteiger partial charge in [0.1, 0.15) is 0 Å². The van der Waals surface area contributed by atoms with Crippen LogP contribution in [-0.2, 0) is 14.3 Å². The van der Waals surface area contributed by atoms with Gasteiger partial charge in [-0.15, -0.1) is 0 Å². The monoisotopic (exact) mass is 410 g/mol. The van der Waals surface area contributed by atoms with Gasteiger partial charge in [0.2, 0.25) is 0 Å². The van der Waals surface area contributed by atoms with Crippen molar-refractivity contribution in [1.29, 1.82) is 0 Å². The Bertz CT molecular complexity index is 861. The molecule has 1 atom stereocenters. The number of aryl methyl sites for hydroxylation is 1. The molecule has 0 unspecified atom stereocenters. The van der Waals surface area contributed by atoms with Crippen molar-refractivity contribution in [3.8, 4) is 0 Å². The van der Waals surface area contributed by atoms with Crippen molar-refractivity contribution in [1.82, 2.24) is 10.2 Å². The van der Waals surface area contributed by atoms with Gasteiger partial charge in [-0.1, -0.05) is 30.3 Å². The van der Waals surface area contributed by atoms with Gasteiger partial charge < -0.3 is 20.3 Å². The fourth-order valence-corrected chi connectivity index (χ4v) is 3.50. The Balaban J connectivity index is 1.67. The fourth-order valence-electron chi connectivity index (χ4n) is 3.50. The van der Waals surface area contributed by atoms with E-state index in [4.69, 9.17) is 4.74 Å². The molecule has 3 rings (SSSR count). The van der Waals surface area contributed by atoms with Gasteiger partial charge in [0.25, 0.3) is 0 Å². The van der Waals surface area contributed by atoms with Crippen LogP contribution in [0.3, 0.4) is 0 Å². The SMILES string of the molecule is Cc1ccccc1NC(=O)C(=O)NC[C@H](c1ccc(N(C)C)cc1)N1CCOCC1. The Morgan fingerprint density at radius 2 is 1.70 bits per heavy atom. The number of para-hydroxylation sites is 1. The molecule has 2 aromatic carbocycles. The number of nitrogens with zero attached hydrogens (tertiary/aromatic N) is 2. The van der Waals surface area contributed by atoms with E-state index in [1.807, 2.05) is 44.1 Å². The Labute approximate surface area is 178 Å². The van der Waals surface area contributed by atoms with Crippen LogP contribution in [0.2, 0.25) is 0 Å². The summed E-state index contributed by atoms with van der Waals surface area (Å²) in [5.74, 6) is -1.30. The van der Waals surface area contributed by atoms with E-state index in [1.165, 1.54) is 0 Å². The Hall–Kier alpha value is -2.90. The highest BCUT2D eigenvalue weighted by atomic mass is 16.5. The molecule has 2 aromatic rings. The first-order valence-electron chi connectivity index (χ1n) is 10.2. The van der Waals surface area contributed by atoms with Crippen LogP contribution in [0, 0.1) is 6.92 Å². The summed E-state index contributed by atoms with van der Waals surface area (Å²) in [4.78, 5) is 29.1. The van der Waals surface area contributed by atoms with Gasteiger partial charge >= 0.3 is 11.8 Å². The minimum Gasteiger partial charge on any atom is -0.379 e. The lowest BCUT2D eigenvalue weighted by molar-refractivity contribution is -0.136. The predicted octanol–water partition coefficient (Wildman–Crippen LogP) is 2.19. The summed E-state index contributed by atoms with van der Waals surface area (Å²) < 4.78 is 5.48. The van der Waals surface area contributed by atoms with E-state index in [9.17, 15) is 9.59 Å². The number of ether oxygens (including phenoxy) is 1.